The molecule has 0 radical (unpaired) electrons. The molecule has 0 aromatic carbocycles. The van der Waals surface area contributed by atoms with Gasteiger partial charge in [-0.1, -0.05) is 0 Å². The number of hydrogen-bond acceptors (Lipinski definition) is 5. The smallest absolute Gasteiger partial charge is 0.225 e. The standard InChI is InChI=1S/C13H17N3O2/c1-3-16(8-12-5-4-6-18-12)13-14-7-11(9-17)10(2)15-13/h4-7,17H,3,8-9H2,1-2H3. The first kappa shape index (κ1) is 12.6. The zero-order valence-corrected chi connectivity index (χ0v) is 10.6. The molecule has 2 aromatic rings. The lowest BCUT2D eigenvalue weighted by Crippen LogP contribution is -2.24. The molecule has 1 N–H and O–H groups in total. The molecular formula is C13H17N3O2. The van der Waals surface area contributed by atoms with E-state index in [0.717, 1.165) is 23.6 Å². The summed E-state index contributed by atoms with van der Waals surface area (Å²) in [5, 5.41) is 9.10. The number of rotatable bonds is 5. The van der Waals surface area contributed by atoms with Gasteiger partial charge in [0.15, 0.2) is 0 Å². The molecule has 96 valence electrons. The average Bonchev–Trinajstić information content (AvgIpc) is 2.88. The maximum absolute atomic E-state index is 9.10. The zero-order valence-electron chi connectivity index (χ0n) is 10.6. The van der Waals surface area contributed by atoms with Gasteiger partial charge in [0, 0.05) is 24.0 Å². The van der Waals surface area contributed by atoms with Crippen LogP contribution in [0.1, 0.15) is 23.9 Å². The quantitative estimate of drug-likeness (QED) is 0.874. The second-order valence-corrected chi connectivity index (χ2v) is 4.03. The van der Waals surface area contributed by atoms with Gasteiger partial charge < -0.3 is 14.4 Å². The van der Waals surface area contributed by atoms with Gasteiger partial charge in [-0.2, -0.15) is 0 Å². The molecular weight excluding hydrogens is 230 g/mol. The Bertz CT molecular complexity index is 497. The van der Waals surface area contributed by atoms with Crippen LogP contribution in [0.15, 0.2) is 29.0 Å². The maximum Gasteiger partial charge on any atom is 0.225 e. The molecule has 0 fully saturated rings. The molecule has 0 saturated carbocycles. The van der Waals surface area contributed by atoms with Crippen molar-refractivity contribution in [2.45, 2.75) is 27.0 Å². The Labute approximate surface area is 106 Å². The van der Waals surface area contributed by atoms with Crippen LogP contribution in [-0.2, 0) is 13.2 Å². The van der Waals surface area contributed by atoms with Gasteiger partial charge in [0.25, 0.3) is 0 Å². The largest absolute Gasteiger partial charge is 0.467 e. The summed E-state index contributed by atoms with van der Waals surface area (Å²) in [6.45, 7) is 5.31. The molecule has 0 unspecified atom stereocenters. The Kier molecular flexibility index (Phi) is 3.94. The lowest BCUT2D eigenvalue weighted by atomic mass is 10.2. The minimum atomic E-state index is -0.0313. The fourth-order valence-electron chi connectivity index (χ4n) is 1.70. The van der Waals surface area contributed by atoms with Crippen LogP contribution in [0.5, 0.6) is 0 Å². The fraction of sp³-hybridized carbons (Fsp3) is 0.385. The number of hydrogen-bond donors (Lipinski definition) is 1. The number of aromatic nitrogens is 2. The van der Waals surface area contributed by atoms with Crippen LogP contribution < -0.4 is 4.90 Å². The topological polar surface area (TPSA) is 62.4 Å². The molecule has 0 aliphatic rings. The van der Waals surface area contributed by atoms with E-state index in [1.165, 1.54) is 0 Å². The van der Waals surface area contributed by atoms with Crippen molar-refractivity contribution in [3.8, 4) is 0 Å². The van der Waals surface area contributed by atoms with Gasteiger partial charge in [-0.25, -0.2) is 9.97 Å². The van der Waals surface area contributed by atoms with Gasteiger partial charge in [-0.05, 0) is 26.0 Å². The van der Waals surface area contributed by atoms with Crippen molar-refractivity contribution in [2.24, 2.45) is 0 Å². The lowest BCUT2D eigenvalue weighted by Gasteiger charge is -2.20. The van der Waals surface area contributed by atoms with E-state index in [1.54, 1.807) is 12.5 Å². The van der Waals surface area contributed by atoms with Gasteiger partial charge in [0.05, 0.1) is 19.4 Å². The van der Waals surface area contributed by atoms with Crippen LogP contribution in [0.3, 0.4) is 0 Å². The highest BCUT2D eigenvalue weighted by molar-refractivity contribution is 5.33. The third kappa shape index (κ3) is 2.68. The molecule has 0 atom stereocenters. The molecule has 2 heterocycles. The van der Waals surface area contributed by atoms with Gasteiger partial charge in [0.1, 0.15) is 5.76 Å². The van der Waals surface area contributed by atoms with E-state index < -0.39 is 0 Å². The second-order valence-electron chi connectivity index (χ2n) is 4.03. The molecule has 5 nitrogen and oxygen atoms in total. The predicted molar refractivity (Wildman–Crippen MR) is 68.1 cm³/mol. The number of anilines is 1. The van der Waals surface area contributed by atoms with E-state index in [0.29, 0.717) is 12.5 Å². The average molecular weight is 247 g/mol. The van der Waals surface area contributed by atoms with Crippen molar-refractivity contribution in [2.75, 3.05) is 11.4 Å². The summed E-state index contributed by atoms with van der Waals surface area (Å²) in [4.78, 5) is 10.7. The molecule has 2 aromatic heterocycles. The highest BCUT2D eigenvalue weighted by Gasteiger charge is 2.11. The number of aliphatic hydroxyl groups is 1. The Balaban J connectivity index is 2.19. The van der Waals surface area contributed by atoms with E-state index >= 15 is 0 Å². The summed E-state index contributed by atoms with van der Waals surface area (Å²) in [5.74, 6) is 1.54. The Morgan fingerprint density at radius 2 is 2.28 bits per heavy atom. The number of aryl methyl sites for hydroxylation is 1. The Hall–Kier alpha value is -1.88. The van der Waals surface area contributed by atoms with Crippen molar-refractivity contribution in [1.29, 1.82) is 0 Å². The Morgan fingerprint density at radius 3 is 2.83 bits per heavy atom. The summed E-state index contributed by atoms with van der Waals surface area (Å²) in [6.07, 6.45) is 3.33. The molecule has 18 heavy (non-hydrogen) atoms. The number of furan rings is 1. The van der Waals surface area contributed by atoms with Gasteiger partial charge in [0.2, 0.25) is 5.95 Å². The van der Waals surface area contributed by atoms with E-state index in [4.69, 9.17) is 9.52 Å². The molecule has 2 rings (SSSR count). The number of nitrogens with zero attached hydrogens (tertiary/aromatic N) is 3. The first-order valence-corrected chi connectivity index (χ1v) is 5.95. The molecule has 0 spiro atoms. The summed E-state index contributed by atoms with van der Waals surface area (Å²) in [6, 6.07) is 3.79. The van der Waals surface area contributed by atoms with Crippen molar-refractivity contribution in [3.63, 3.8) is 0 Å². The molecule has 0 saturated heterocycles. The molecule has 0 aliphatic heterocycles. The fourth-order valence-corrected chi connectivity index (χ4v) is 1.70. The van der Waals surface area contributed by atoms with Gasteiger partial charge >= 0.3 is 0 Å². The Morgan fingerprint density at radius 1 is 1.44 bits per heavy atom. The number of aliphatic hydroxyl groups excluding tert-OH is 1. The second kappa shape index (κ2) is 5.64. The van der Waals surface area contributed by atoms with E-state index in [2.05, 4.69) is 9.97 Å². The lowest BCUT2D eigenvalue weighted by molar-refractivity contribution is 0.280. The molecule has 5 heteroatoms. The van der Waals surface area contributed by atoms with Crippen LogP contribution in [0, 0.1) is 6.92 Å². The van der Waals surface area contributed by atoms with E-state index in [-0.39, 0.29) is 6.61 Å². The van der Waals surface area contributed by atoms with Crippen molar-refractivity contribution >= 4 is 5.95 Å². The summed E-state index contributed by atoms with van der Waals surface area (Å²) >= 11 is 0. The third-order valence-electron chi connectivity index (χ3n) is 2.83. The van der Waals surface area contributed by atoms with Crippen LogP contribution in [0.4, 0.5) is 5.95 Å². The van der Waals surface area contributed by atoms with E-state index in [1.807, 2.05) is 30.9 Å². The van der Waals surface area contributed by atoms with Crippen LogP contribution in [0.2, 0.25) is 0 Å². The van der Waals surface area contributed by atoms with Gasteiger partial charge in [-0.3, -0.25) is 0 Å². The molecule has 0 amide bonds. The normalized spacial score (nSPS) is 10.6. The molecule has 0 aliphatic carbocycles. The SMILES string of the molecule is CCN(Cc1ccco1)c1ncc(CO)c(C)n1. The minimum Gasteiger partial charge on any atom is -0.467 e. The van der Waals surface area contributed by atoms with Crippen LogP contribution in [-0.4, -0.2) is 21.6 Å². The van der Waals surface area contributed by atoms with Crippen molar-refractivity contribution in [3.05, 3.63) is 41.6 Å². The summed E-state index contributed by atoms with van der Waals surface area (Å²) in [7, 11) is 0. The maximum atomic E-state index is 9.10. The third-order valence-corrected chi connectivity index (χ3v) is 2.83. The first-order chi connectivity index (χ1) is 8.74. The van der Waals surface area contributed by atoms with Crippen molar-refractivity contribution in [1.82, 2.24) is 9.97 Å². The first-order valence-electron chi connectivity index (χ1n) is 5.95. The summed E-state index contributed by atoms with van der Waals surface area (Å²) in [5.41, 5.74) is 1.56. The van der Waals surface area contributed by atoms with Crippen LogP contribution >= 0.6 is 0 Å². The van der Waals surface area contributed by atoms with Crippen LogP contribution in [0.25, 0.3) is 0 Å². The van der Waals surface area contributed by atoms with Gasteiger partial charge in [-0.15, -0.1) is 0 Å². The van der Waals surface area contributed by atoms with E-state index in [9.17, 15) is 0 Å². The molecule has 0 bridgehead atoms. The minimum absolute atomic E-state index is 0.0313. The summed E-state index contributed by atoms with van der Waals surface area (Å²) < 4.78 is 5.33. The monoisotopic (exact) mass is 247 g/mol. The zero-order chi connectivity index (χ0) is 13.0. The highest BCUT2D eigenvalue weighted by Crippen LogP contribution is 2.14. The highest BCUT2D eigenvalue weighted by atomic mass is 16.3. The van der Waals surface area contributed by atoms with Crippen molar-refractivity contribution < 1.29 is 9.52 Å². The predicted octanol–water partition coefficient (Wildman–Crippen LogP) is 1.90.